The zero-order valence-corrected chi connectivity index (χ0v) is 14.9. The fourth-order valence-electron chi connectivity index (χ4n) is 4.73. The Morgan fingerprint density at radius 2 is 1.67 bits per heavy atom. The normalized spacial score (nSPS) is 30.4. The van der Waals surface area contributed by atoms with Gasteiger partial charge >= 0.3 is 0 Å². The minimum absolute atomic E-state index is 0.435. The van der Waals surface area contributed by atoms with E-state index in [1.807, 2.05) is 0 Å². The second-order valence-corrected chi connectivity index (χ2v) is 7.82. The Hall–Kier alpha value is -1.36. The lowest BCUT2D eigenvalue weighted by atomic mass is 9.69. The molecule has 1 heterocycles. The van der Waals surface area contributed by atoms with Crippen LogP contribution in [0, 0.1) is 41.5 Å². The molecule has 0 spiro atoms. The molecule has 3 rings (SSSR count). The Bertz CT molecular complexity index is 552. The maximum Gasteiger partial charge on any atom is 0.212 e. The van der Waals surface area contributed by atoms with Crippen molar-refractivity contribution in [3.05, 3.63) is 29.8 Å². The van der Waals surface area contributed by atoms with Gasteiger partial charge in [-0.1, -0.05) is 44.4 Å². The number of aromatic nitrogens is 1. The van der Waals surface area contributed by atoms with E-state index in [4.69, 9.17) is 0 Å². The van der Waals surface area contributed by atoms with Crippen LogP contribution in [0.3, 0.4) is 0 Å². The highest BCUT2D eigenvalue weighted by molar-refractivity contribution is 5.32. The number of hydrogen-bond acceptors (Lipinski definition) is 1. The van der Waals surface area contributed by atoms with E-state index in [9.17, 15) is 4.39 Å². The van der Waals surface area contributed by atoms with Crippen molar-refractivity contribution in [3.63, 3.8) is 0 Å². The zero-order chi connectivity index (χ0) is 16.8. The first-order valence-electron chi connectivity index (χ1n) is 9.87. The van der Waals surface area contributed by atoms with Gasteiger partial charge in [0.2, 0.25) is 5.95 Å². The maximum atomic E-state index is 12.8. The Balaban J connectivity index is 1.44. The summed E-state index contributed by atoms with van der Waals surface area (Å²) in [6.45, 7) is 2.32. The Labute approximate surface area is 146 Å². The highest BCUT2D eigenvalue weighted by atomic mass is 19.1. The van der Waals surface area contributed by atoms with Gasteiger partial charge in [-0.15, -0.1) is 0 Å². The molecule has 0 atom stereocenters. The molecule has 2 aliphatic rings. The van der Waals surface area contributed by atoms with Crippen LogP contribution in [-0.2, 0) is 0 Å². The molecule has 0 radical (unpaired) electrons. The third-order valence-corrected chi connectivity index (χ3v) is 6.17. The number of halogens is 1. The maximum absolute atomic E-state index is 12.8. The van der Waals surface area contributed by atoms with E-state index in [0.29, 0.717) is 5.92 Å². The number of pyridine rings is 1. The van der Waals surface area contributed by atoms with Gasteiger partial charge in [-0.05, 0) is 68.4 Å². The van der Waals surface area contributed by atoms with Gasteiger partial charge in [0, 0.05) is 17.7 Å². The fourth-order valence-corrected chi connectivity index (χ4v) is 4.73. The summed E-state index contributed by atoms with van der Waals surface area (Å²) in [5.74, 6) is 9.58. The number of rotatable bonds is 3. The second-order valence-electron chi connectivity index (χ2n) is 7.82. The predicted octanol–water partition coefficient (Wildman–Crippen LogP) is 5.99. The van der Waals surface area contributed by atoms with Crippen LogP contribution in [0.5, 0.6) is 0 Å². The number of hydrogen-bond donors (Lipinski definition) is 0. The molecule has 2 fully saturated rings. The van der Waals surface area contributed by atoms with Gasteiger partial charge in [-0.25, -0.2) is 4.98 Å². The van der Waals surface area contributed by atoms with Gasteiger partial charge in [-0.3, -0.25) is 0 Å². The Morgan fingerprint density at radius 1 is 1.00 bits per heavy atom. The molecular formula is C22H30FN. The van der Waals surface area contributed by atoms with Crippen molar-refractivity contribution >= 4 is 0 Å². The van der Waals surface area contributed by atoms with Crippen molar-refractivity contribution in [2.75, 3.05) is 0 Å². The Morgan fingerprint density at radius 3 is 2.25 bits per heavy atom. The van der Waals surface area contributed by atoms with Crippen LogP contribution < -0.4 is 0 Å². The van der Waals surface area contributed by atoms with Crippen molar-refractivity contribution in [1.29, 1.82) is 0 Å². The van der Waals surface area contributed by atoms with Gasteiger partial charge in [-0.2, -0.15) is 4.39 Å². The summed E-state index contributed by atoms with van der Waals surface area (Å²) in [6, 6.07) is 3.10. The van der Waals surface area contributed by atoms with Crippen molar-refractivity contribution in [2.24, 2.45) is 23.7 Å². The summed E-state index contributed by atoms with van der Waals surface area (Å²) < 4.78 is 12.8. The quantitative estimate of drug-likeness (QED) is 0.491. The molecule has 24 heavy (non-hydrogen) atoms. The standard InChI is InChI=1S/C22H30FN/c1-2-3-17-6-11-20(12-7-17)21-13-8-18(9-14-21)4-5-19-10-15-22(23)24-16-19/h10,15-18,20-21H,2-3,6-9,11-14H2,1H3/t17-,18-,20-,21-. The van der Waals surface area contributed by atoms with Crippen molar-refractivity contribution < 1.29 is 4.39 Å². The van der Waals surface area contributed by atoms with E-state index in [2.05, 4.69) is 23.7 Å². The molecule has 0 unspecified atom stereocenters. The third-order valence-electron chi connectivity index (χ3n) is 6.17. The summed E-state index contributed by atoms with van der Waals surface area (Å²) in [4.78, 5) is 3.67. The van der Waals surface area contributed by atoms with Gasteiger partial charge in [0.05, 0.1) is 0 Å². The smallest absolute Gasteiger partial charge is 0.212 e. The summed E-state index contributed by atoms with van der Waals surface area (Å²) >= 11 is 0. The van der Waals surface area contributed by atoms with Crippen LogP contribution in [0.25, 0.3) is 0 Å². The molecule has 1 aromatic heterocycles. The van der Waals surface area contributed by atoms with E-state index >= 15 is 0 Å². The summed E-state index contributed by atoms with van der Waals surface area (Å²) in [6.07, 6.45) is 15.4. The van der Waals surface area contributed by atoms with Crippen LogP contribution in [0.1, 0.15) is 76.7 Å². The molecule has 2 aliphatic carbocycles. The summed E-state index contributed by atoms with van der Waals surface area (Å²) in [5.41, 5.74) is 0.827. The van der Waals surface area contributed by atoms with Crippen LogP contribution in [-0.4, -0.2) is 4.98 Å². The van der Waals surface area contributed by atoms with Gasteiger partial charge in [0.15, 0.2) is 0 Å². The van der Waals surface area contributed by atoms with Crippen LogP contribution in [0.4, 0.5) is 4.39 Å². The SMILES string of the molecule is CCC[C@H]1CC[C@H]([C@H]2CC[C@H](C#Cc3ccc(F)nc3)CC2)CC1. The monoisotopic (exact) mass is 327 g/mol. The first-order chi connectivity index (χ1) is 11.7. The highest BCUT2D eigenvalue weighted by Gasteiger charge is 2.30. The zero-order valence-electron chi connectivity index (χ0n) is 14.9. The van der Waals surface area contributed by atoms with Crippen molar-refractivity contribution in [2.45, 2.75) is 71.1 Å². The van der Waals surface area contributed by atoms with E-state index in [1.54, 1.807) is 6.07 Å². The summed E-state index contributed by atoms with van der Waals surface area (Å²) in [7, 11) is 0. The molecule has 0 saturated heterocycles. The number of nitrogens with zero attached hydrogens (tertiary/aromatic N) is 1. The Kier molecular flexibility index (Phi) is 6.30. The lowest BCUT2D eigenvalue weighted by Crippen LogP contribution is -2.25. The van der Waals surface area contributed by atoms with Crippen molar-refractivity contribution in [1.82, 2.24) is 4.98 Å². The molecule has 2 heteroatoms. The largest absolute Gasteiger partial charge is 0.227 e. The van der Waals surface area contributed by atoms with Crippen LogP contribution >= 0.6 is 0 Å². The molecule has 0 amide bonds. The van der Waals surface area contributed by atoms with E-state index in [-0.39, 0.29) is 0 Å². The third kappa shape index (κ3) is 4.82. The average Bonchev–Trinajstić information content (AvgIpc) is 2.63. The molecule has 130 valence electrons. The van der Waals surface area contributed by atoms with E-state index in [0.717, 1.165) is 23.3 Å². The lowest BCUT2D eigenvalue weighted by Gasteiger charge is -2.37. The molecule has 1 nitrogen and oxygen atoms in total. The lowest BCUT2D eigenvalue weighted by molar-refractivity contribution is 0.154. The van der Waals surface area contributed by atoms with Gasteiger partial charge in [0.25, 0.3) is 0 Å². The molecule has 0 bridgehead atoms. The molecule has 0 aliphatic heterocycles. The second kappa shape index (κ2) is 8.65. The first kappa shape index (κ1) is 17.5. The first-order valence-corrected chi connectivity index (χ1v) is 9.87. The highest BCUT2D eigenvalue weighted by Crippen LogP contribution is 2.42. The minimum atomic E-state index is -0.435. The molecule has 0 N–H and O–H groups in total. The predicted molar refractivity (Wildman–Crippen MR) is 96.9 cm³/mol. The van der Waals surface area contributed by atoms with Crippen LogP contribution in [0.15, 0.2) is 18.3 Å². The van der Waals surface area contributed by atoms with Gasteiger partial charge < -0.3 is 0 Å². The average molecular weight is 327 g/mol. The van der Waals surface area contributed by atoms with Gasteiger partial charge in [0.1, 0.15) is 0 Å². The molecular weight excluding hydrogens is 297 g/mol. The molecule has 0 aromatic carbocycles. The topological polar surface area (TPSA) is 12.9 Å². The fraction of sp³-hybridized carbons (Fsp3) is 0.682. The van der Waals surface area contributed by atoms with E-state index < -0.39 is 5.95 Å². The molecule has 2 saturated carbocycles. The minimum Gasteiger partial charge on any atom is -0.227 e. The van der Waals surface area contributed by atoms with E-state index in [1.165, 1.54) is 76.5 Å². The molecule has 1 aromatic rings. The summed E-state index contributed by atoms with van der Waals surface area (Å²) in [5, 5.41) is 0. The van der Waals surface area contributed by atoms with Crippen LogP contribution in [0.2, 0.25) is 0 Å². The van der Waals surface area contributed by atoms with Crippen molar-refractivity contribution in [3.8, 4) is 11.8 Å².